The molecule has 7 nitrogen and oxygen atoms in total. The van der Waals surface area contributed by atoms with Gasteiger partial charge >= 0.3 is 6.03 Å². The van der Waals surface area contributed by atoms with Crippen molar-refractivity contribution in [1.82, 2.24) is 20.0 Å². The molecule has 30 heavy (non-hydrogen) atoms. The molecule has 0 saturated carbocycles. The van der Waals surface area contributed by atoms with Crippen LogP contribution < -0.4 is 10.2 Å². The predicted molar refractivity (Wildman–Crippen MR) is 113 cm³/mol. The van der Waals surface area contributed by atoms with E-state index < -0.39 is 0 Å². The zero-order valence-electron chi connectivity index (χ0n) is 17.2. The van der Waals surface area contributed by atoms with Gasteiger partial charge in [-0.15, -0.1) is 0 Å². The first-order chi connectivity index (χ1) is 14.2. The Labute approximate surface area is 174 Å². The van der Waals surface area contributed by atoms with Crippen molar-refractivity contribution in [2.24, 2.45) is 0 Å². The molecule has 1 aliphatic rings. The zero-order valence-corrected chi connectivity index (χ0v) is 17.2. The summed E-state index contributed by atoms with van der Waals surface area (Å²) in [6.45, 7) is 6.63. The fourth-order valence-electron chi connectivity index (χ4n) is 3.67. The molecule has 0 bridgehead atoms. The Morgan fingerprint density at radius 1 is 1.10 bits per heavy atom. The van der Waals surface area contributed by atoms with Crippen LogP contribution in [0.4, 0.5) is 14.9 Å². The predicted octanol–water partition coefficient (Wildman–Crippen LogP) is 3.32. The lowest BCUT2D eigenvalue weighted by molar-refractivity contribution is -0.122. The molecule has 1 fully saturated rings. The maximum atomic E-state index is 14.3. The molecule has 0 aliphatic carbocycles. The van der Waals surface area contributed by atoms with Gasteiger partial charge in [-0.1, -0.05) is 18.2 Å². The molecule has 1 aromatic heterocycles. The van der Waals surface area contributed by atoms with Gasteiger partial charge in [0, 0.05) is 24.0 Å². The highest BCUT2D eigenvalue weighted by molar-refractivity contribution is 6.04. The standard InChI is InChI=1S/C22H24FN5O2/c1-22(2,3)25-20(29)14-26-11-12-27(21(26)30)17-9-6-10-18-15(17)13-24-28(18)19-8-5-4-7-16(19)23/h4-10,13H,11-12,14H2,1-3H3,(H,25,29). The molecule has 0 atom stereocenters. The average molecular weight is 409 g/mol. The number of halogens is 1. The minimum Gasteiger partial charge on any atom is -0.350 e. The second kappa shape index (κ2) is 7.44. The minimum absolute atomic E-state index is 0.0110. The second-order valence-electron chi connectivity index (χ2n) is 8.37. The van der Waals surface area contributed by atoms with Crippen molar-refractivity contribution in [2.75, 3.05) is 24.5 Å². The lowest BCUT2D eigenvalue weighted by Crippen LogP contribution is -2.46. The van der Waals surface area contributed by atoms with Crippen LogP contribution in [0.5, 0.6) is 0 Å². The number of rotatable bonds is 4. The number of fused-ring (bicyclic) bond motifs is 1. The maximum Gasteiger partial charge on any atom is 0.325 e. The third-order valence-corrected chi connectivity index (χ3v) is 4.91. The molecule has 2 heterocycles. The van der Waals surface area contributed by atoms with Gasteiger partial charge < -0.3 is 10.2 Å². The Morgan fingerprint density at radius 3 is 2.57 bits per heavy atom. The smallest absolute Gasteiger partial charge is 0.325 e. The van der Waals surface area contributed by atoms with Crippen molar-refractivity contribution in [3.63, 3.8) is 0 Å². The minimum atomic E-state index is -0.374. The van der Waals surface area contributed by atoms with Gasteiger partial charge in [-0.3, -0.25) is 9.69 Å². The molecule has 3 amide bonds. The number of aromatic nitrogens is 2. The number of para-hydroxylation sites is 1. The van der Waals surface area contributed by atoms with E-state index in [4.69, 9.17) is 0 Å². The number of hydrogen-bond donors (Lipinski definition) is 1. The van der Waals surface area contributed by atoms with Crippen LogP contribution in [0.1, 0.15) is 20.8 Å². The summed E-state index contributed by atoms with van der Waals surface area (Å²) in [5.41, 5.74) is 1.39. The van der Waals surface area contributed by atoms with E-state index in [1.54, 1.807) is 29.3 Å². The van der Waals surface area contributed by atoms with Gasteiger partial charge in [-0.05, 0) is 45.0 Å². The highest BCUT2D eigenvalue weighted by Crippen LogP contribution is 2.31. The van der Waals surface area contributed by atoms with Crippen LogP contribution in [0.2, 0.25) is 0 Å². The SMILES string of the molecule is CC(C)(C)NC(=O)CN1CCN(c2cccc3c2cnn3-c2ccccc2F)C1=O. The molecule has 0 radical (unpaired) electrons. The third kappa shape index (κ3) is 3.72. The zero-order chi connectivity index (χ0) is 21.5. The number of benzene rings is 2. The Bertz CT molecular complexity index is 1120. The first-order valence-corrected chi connectivity index (χ1v) is 9.84. The summed E-state index contributed by atoms with van der Waals surface area (Å²) in [6, 6.07) is 11.7. The maximum absolute atomic E-state index is 14.3. The quantitative estimate of drug-likeness (QED) is 0.719. The van der Waals surface area contributed by atoms with Gasteiger partial charge in [0.1, 0.15) is 18.0 Å². The number of carbonyl (C=O) groups is 2. The Hall–Kier alpha value is -3.42. The molecule has 3 aromatic rings. The Balaban J connectivity index is 1.61. The van der Waals surface area contributed by atoms with Crippen LogP contribution in [0.3, 0.4) is 0 Å². The number of nitrogens with one attached hydrogen (secondary N) is 1. The molecule has 1 N–H and O–H groups in total. The summed E-state index contributed by atoms with van der Waals surface area (Å²) in [7, 11) is 0. The van der Waals surface area contributed by atoms with Gasteiger partial charge in [0.2, 0.25) is 5.91 Å². The molecule has 2 aromatic carbocycles. The molecule has 0 spiro atoms. The third-order valence-electron chi connectivity index (χ3n) is 4.91. The van der Waals surface area contributed by atoms with Crippen LogP contribution in [0, 0.1) is 5.82 Å². The van der Waals surface area contributed by atoms with E-state index >= 15 is 0 Å². The largest absolute Gasteiger partial charge is 0.350 e. The summed E-state index contributed by atoms with van der Waals surface area (Å²) in [6.07, 6.45) is 1.64. The molecular formula is C22H24FN5O2. The number of amides is 3. The van der Waals surface area contributed by atoms with E-state index in [0.717, 1.165) is 5.39 Å². The fraction of sp³-hybridized carbons (Fsp3) is 0.318. The van der Waals surface area contributed by atoms with Crippen LogP contribution in [-0.2, 0) is 4.79 Å². The fourth-order valence-corrected chi connectivity index (χ4v) is 3.67. The first-order valence-electron chi connectivity index (χ1n) is 9.84. The summed E-state index contributed by atoms with van der Waals surface area (Å²) in [4.78, 5) is 28.4. The molecule has 8 heteroatoms. The summed E-state index contributed by atoms with van der Waals surface area (Å²) < 4.78 is 15.8. The number of carbonyl (C=O) groups excluding carboxylic acids is 2. The normalized spacial score (nSPS) is 14.6. The van der Waals surface area contributed by atoms with Crippen LogP contribution in [0.15, 0.2) is 48.7 Å². The van der Waals surface area contributed by atoms with E-state index in [1.165, 1.54) is 15.6 Å². The monoisotopic (exact) mass is 409 g/mol. The summed E-state index contributed by atoms with van der Waals surface area (Å²) >= 11 is 0. The molecule has 4 rings (SSSR count). The molecule has 1 saturated heterocycles. The number of hydrogen-bond acceptors (Lipinski definition) is 3. The van der Waals surface area contributed by atoms with Crippen LogP contribution in [-0.4, -0.2) is 51.8 Å². The average Bonchev–Trinajstić information content (AvgIpc) is 3.25. The molecule has 0 unspecified atom stereocenters. The van der Waals surface area contributed by atoms with Crippen LogP contribution >= 0.6 is 0 Å². The van der Waals surface area contributed by atoms with Crippen molar-refractivity contribution < 1.29 is 14.0 Å². The number of anilines is 1. The Kier molecular flexibility index (Phi) is 4.93. The van der Waals surface area contributed by atoms with Gasteiger partial charge in [-0.25, -0.2) is 13.9 Å². The van der Waals surface area contributed by atoms with Crippen molar-refractivity contribution >= 4 is 28.5 Å². The van der Waals surface area contributed by atoms with Crippen molar-refractivity contribution in [2.45, 2.75) is 26.3 Å². The van der Waals surface area contributed by atoms with Crippen molar-refractivity contribution in [3.05, 3.63) is 54.5 Å². The molecule has 1 aliphatic heterocycles. The molecule has 156 valence electrons. The summed E-state index contributed by atoms with van der Waals surface area (Å²) in [5, 5.41) is 7.98. The van der Waals surface area contributed by atoms with Crippen molar-refractivity contribution in [3.8, 4) is 5.69 Å². The topological polar surface area (TPSA) is 70.5 Å². The van der Waals surface area contributed by atoms with E-state index in [9.17, 15) is 14.0 Å². The highest BCUT2D eigenvalue weighted by Gasteiger charge is 2.32. The van der Waals surface area contributed by atoms with Gasteiger partial charge in [0.15, 0.2) is 0 Å². The second-order valence-corrected chi connectivity index (χ2v) is 8.37. The lowest BCUT2D eigenvalue weighted by Gasteiger charge is -2.23. The number of nitrogens with zero attached hydrogens (tertiary/aromatic N) is 4. The Morgan fingerprint density at radius 2 is 1.83 bits per heavy atom. The van der Waals surface area contributed by atoms with E-state index in [-0.39, 0.29) is 29.8 Å². The van der Waals surface area contributed by atoms with Gasteiger partial charge in [-0.2, -0.15) is 5.10 Å². The van der Waals surface area contributed by atoms with Gasteiger partial charge in [0.25, 0.3) is 0 Å². The van der Waals surface area contributed by atoms with E-state index in [0.29, 0.717) is 30.0 Å². The number of urea groups is 1. The van der Waals surface area contributed by atoms with E-state index in [1.807, 2.05) is 39.0 Å². The summed E-state index contributed by atoms with van der Waals surface area (Å²) in [5.74, 6) is -0.565. The van der Waals surface area contributed by atoms with Gasteiger partial charge in [0.05, 0.1) is 17.4 Å². The first kappa shape index (κ1) is 19.9. The van der Waals surface area contributed by atoms with Crippen LogP contribution in [0.25, 0.3) is 16.6 Å². The molecular weight excluding hydrogens is 385 g/mol. The lowest BCUT2D eigenvalue weighted by atomic mass is 10.1. The van der Waals surface area contributed by atoms with Crippen molar-refractivity contribution in [1.29, 1.82) is 0 Å². The van der Waals surface area contributed by atoms with E-state index in [2.05, 4.69) is 10.4 Å². The highest BCUT2D eigenvalue weighted by atomic mass is 19.1.